The molecule has 1 saturated carbocycles. The van der Waals surface area contributed by atoms with Gasteiger partial charge in [0.15, 0.2) is 0 Å². The fourth-order valence-electron chi connectivity index (χ4n) is 2.56. The van der Waals surface area contributed by atoms with Crippen LogP contribution in [0.2, 0.25) is 0 Å². The van der Waals surface area contributed by atoms with Gasteiger partial charge in [-0.1, -0.05) is 13.8 Å². The van der Waals surface area contributed by atoms with Crippen molar-refractivity contribution in [1.29, 1.82) is 0 Å². The second-order valence-electron chi connectivity index (χ2n) is 5.65. The number of carbonyl (C=O) groups excluding carboxylic acids is 1. The summed E-state index contributed by atoms with van der Waals surface area (Å²) in [6.07, 6.45) is 1.97. The van der Waals surface area contributed by atoms with Gasteiger partial charge < -0.3 is 14.6 Å². The van der Waals surface area contributed by atoms with Crippen LogP contribution in [0.25, 0.3) is 0 Å². The minimum atomic E-state index is -0.336. The van der Waals surface area contributed by atoms with Crippen LogP contribution in [0.3, 0.4) is 0 Å². The van der Waals surface area contributed by atoms with Gasteiger partial charge in [-0.25, -0.2) is 0 Å². The van der Waals surface area contributed by atoms with Crippen molar-refractivity contribution in [3.8, 4) is 0 Å². The molecule has 4 heteroatoms. The lowest BCUT2D eigenvalue weighted by Gasteiger charge is -2.36. The normalized spacial score (nSPS) is 30.2. The predicted molar refractivity (Wildman–Crippen MR) is 69.2 cm³/mol. The Balaban J connectivity index is 2.52. The van der Waals surface area contributed by atoms with Crippen LogP contribution in [0, 0.1) is 11.8 Å². The summed E-state index contributed by atoms with van der Waals surface area (Å²) in [5.74, 6) is 0.597. The van der Waals surface area contributed by atoms with Gasteiger partial charge in [0, 0.05) is 13.5 Å². The Labute approximate surface area is 110 Å². The monoisotopic (exact) mass is 258 g/mol. The predicted octanol–water partition coefficient (Wildman–Crippen LogP) is 2.14. The summed E-state index contributed by atoms with van der Waals surface area (Å²) < 4.78 is 10.6. The molecule has 0 spiro atoms. The van der Waals surface area contributed by atoms with E-state index in [1.165, 1.54) is 0 Å². The van der Waals surface area contributed by atoms with Crippen LogP contribution in [0.1, 0.15) is 46.5 Å². The molecule has 0 aromatic carbocycles. The van der Waals surface area contributed by atoms with Crippen molar-refractivity contribution in [3.05, 3.63) is 0 Å². The smallest absolute Gasteiger partial charge is 0.308 e. The first-order valence-electron chi connectivity index (χ1n) is 6.84. The molecular formula is C14H26O4. The van der Waals surface area contributed by atoms with Crippen molar-refractivity contribution in [1.82, 2.24) is 0 Å². The zero-order valence-corrected chi connectivity index (χ0v) is 11.9. The zero-order valence-electron chi connectivity index (χ0n) is 11.9. The van der Waals surface area contributed by atoms with E-state index < -0.39 is 0 Å². The Bertz CT molecular complexity index is 265. The van der Waals surface area contributed by atoms with Crippen molar-refractivity contribution >= 4 is 5.97 Å². The standard InChI is InChI=1S/C14H26O4/c1-9(2)12-6-5-11(15)8-13(12)18-14(16)7-10(3)17-4/h9-13,15H,5-8H2,1-4H3/t10-,11-,12+,13-/m1/s1. The third kappa shape index (κ3) is 4.58. The molecule has 18 heavy (non-hydrogen) atoms. The lowest BCUT2D eigenvalue weighted by molar-refractivity contribution is -0.159. The average molecular weight is 258 g/mol. The number of ether oxygens (including phenoxy) is 2. The fraction of sp³-hybridized carbons (Fsp3) is 0.929. The first-order chi connectivity index (χ1) is 8.43. The van der Waals surface area contributed by atoms with Gasteiger partial charge in [0.2, 0.25) is 0 Å². The molecule has 0 unspecified atom stereocenters. The summed E-state index contributed by atoms with van der Waals surface area (Å²) in [7, 11) is 1.58. The van der Waals surface area contributed by atoms with Crippen molar-refractivity contribution in [2.24, 2.45) is 11.8 Å². The molecule has 4 nitrogen and oxygen atoms in total. The summed E-state index contributed by atoms with van der Waals surface area (Å²) in [5, 5.41) is 9.70. The number of hydrogen-bond acceptors (Lipinski definition) is 4. The van der Waals surface area contributed by atoms with E-state index in [4.69, 9.17) is 9.47 Å². The van der Waals surface area contributed by atoms with E-state index in [0.29, 0.717) is 18.3 Å². The number of methoxy groups -OCH3 is 1. The molecule has 0 amide bonds. The number of hydrogen-bond donors (Lipinski definition) is 1. The number of esters is 1. The lowest BCUT2D eigenvalue weighted by Crippen LogP contribution is -2.38. The quantitative estimate of drug-likeness (QED) is 0.768. The van der Waals surface area contributed by atoms with E-state index in [9.17, 15) is 9.90 Å². The third-order valence-corrected chi connectivity index (χ3v) is 3.81. The van der Waals surface area contributed by atoms with E-state index in [1.54, 1.807) is 7.11 Å². The van der Waals surface area contributed by atoms with Crippen molar-refractivity contribution in [3.63, 3.8) is 0 Å². The second kappa shape index (κ2) is 7.10. The molecule has 4 atom stereocenters. The summed E-state index contributed by atoms with van der Waals surface area (Å²) in [6, 6.07) is 0. The van der Waals surface area contributed by atoms with E-state index in [0.717, 1.165) is 12.8 Å². The van der Waals surface area contributed by atoms with Crippen LogP contribution in [0.4, 0.5) is 0 Å². The van der Waals surface area contributed by atoms with Crippen molar-refractivity contribution < 1.29 is 19.4 Å². The molecule has 0 saturated heterocycles. The summed E-state index contributed by atoms with van der Waals surface area (Å²) >= 11 is 0. The molecule has 0 aromatic heterocycles. The largest absolute Gasteiger partial charge is 0.462 e. The minimum Gasteiger partial charge on any atom is -0.462 e. The fourth-order valence-corrected chi connectivity index (χ4v) is 2.56. The maximum absolute atomic E-state index is 11.8. The number of aliphatic hydroxyl groups is 1. The minimum absolute atomic E-state index is 0.122. The molecule has 0 aromatic rings. The van der Waals surface area contributed by atoms with E-state index in [2.05, 4.69) is 13.8 Å². The Morgan fingerprint density at radius 1 is 1.33 bits per heavy atom. The summed E-state index contributed by atoms with van der Waals surface area (Å²) in [5.41, 5.74) is 0. The molecule has 1 N–H and O–H groups in total. The van der Waals surface area contributed by atoms with E-state index >= 15 is 0 Å². The molecule has 0 aliphatic heterocycles. The molecule has 1 rings (SSSR count). The maximum atomic E-state index is 11.8. The number of aliphatic hydroxyl groups excluding tert-OH is 1. The third-order valence-electron chi connectivity index (χ3n) is 3.81. The average Bonchev–Trinajstić information content (AvgIpc) is 2.28. The van der Waals surface area contributed by atoms with Crippen molar-refractivity contribution in [2.45, 2.75) is 64.8 Å². The number of carbonyl (C=O) groups is 1. The van der Waals surface area contributed by atoms with Gasteiger partial charge in [0.1, 0.15) is 6.10 Å². The zero-order chi connectivity index (χ0) is 13.7. The summed E-state index contributed by atoms with van der Waals surface area (Å²) in [6.45, 7) is 6.12. The SMILES string of the molecule is CO[C@H](C)CC(=O)O[C@@H]1C[C@H](O)CC[C@H]1C(C)C. The van der Waals surface area contributed by atoms with Crippen molar-refractivity contribution in [2.75, 3.05) is 7.11 Å². The van der Waals surface area contributed by atoms with Gasteiger partial charge in [-0.3, -0.25) is 4.79 Å². The first-order valence-corrected chi connectivity index (χ1v) is 6.84. The molecular weight excluding hydrogens is 232 g/mol. The second-order valence-corrected chi connectivity index (χ2v) is 5.65. The van der Waals surface area contributed by atoms with Gasteiger partial charge in [-0.05, 0) is 31.6 Å². The van der Waals surface area contributed by atoms with E-state index in [1.807, 2.05) is 6.92 Å². The van der Waals surface area contributed by atoms with Crippen LogP contribution in [0.15, 0.2) is 0 Å². The van der Waals surface area contributed by atoms with Crippen LogP contribution in [-0.2, 0) is 14.3 Å². The Morgan fingerprint density at radius 2 is 2.00 bits per heavy atom. The molecule has 106 valence electrons. The van der Waals surface area contributed by atoms with Gasteiger partial charge in [0.25, 0.3) is 0 Å². The highest BCUT2D eigenvalue weighted by Crippen LogP contribution is 2.32. The lowest BCUT2D eigenvalue weighted by atomic mass is 9.78. The van der Waals surface area contributed by atoms with Crippen LogP contribution < -0.4 is 0 Å². The van der Waals surface area contributed by atoms with E-state index in [-0.39, 0.29) is 30.7 Å². The topological polar surface area (TPSA) is 55.8 Å². The molecule has 1 aliphatic rings. The van der Waals surface area contributed by atoms with Crippen LogP contribution >= 0.6 is 0 Å². The van der Waals surface area contributed by atoms with Crippen LogP contribution in [-0.4, -0.2) is 36.5 Å². The molecule has 0 bridgehead atoms. The van der Waals surface area contributed by atoms with Crippen LogP contribution in [0.5, 0.6) is 0 Å². The molecule has 0 radical (unpaired) electrons. The Hall–Kier alpha value is -0.610. The Morgan fingerprint density at radius 3 is 2.56 bits per heavy atom. The highest BCUT2D eigenvalue weighted by molar-refractivity contribution is 5.70. The molecule has 0 heterocycles. The Kier molecular flexibility index (Phi) is 6.09. The highest BCUT2D eigenvalue weighted by atomic mass is 16.5. The van der Waals surface area contributed by atoms with Gasteiger partial charge >= 0.3 is 5.97 Å². The van der Waals surface area contributed by atoms with Gasteiger partial charge in [-0.2, -0.15) is 0 Å². The molecule has 1 aliphatic carbocycles. The summed E-state index contributed by atoms with van der Waals surface area (Å²) in [4.78, 5) is 11.8. The molecule has 1 fully saturated rings. The number of rotatable bonds is 5. The van der Waals surface area contributed by atoms with Gasteiger partial charge in [0.05, 0.1) is 18.6 Å². The van der Waals surface area contributed by atoms with Gasteiger partial charge in [-0.15, -0.1) is 0 Å². The first kappa shape index (κ1) is 15.4. The highest BCUT2D eigenvalue weighted by Gasteiger charge is 2.34. The maximum Gasteiger partial charge on any atom is 0.308 e.